The summed E-state index contributed by atoms with van der Waals surface area (Å²) in [4.78, 5) is 27.3. The molecule has 4 rings (SSSR count). The number of aromatic nitrogens is 1. The molecule has 3 N–H and O–H groups in total. The van der Waals surface area contributed by atoms with Gasteiger partial charge in [0.25, 0.3) is 5.91 Å². The van der Waals surface area contributed by atoms with E-state index in [-0.39, 0.29) is 5.69 Å². The van der Waals surface area contributed by atoms with Crippen molar-refractivity contribution in [2.24, 2.45) is 5.10 Å². The smallest absolute Gasteiger partial charge is 0.410 e. The van der Waals surface area contributed by atoms with Crippen molar-refractivity contribution in [1.29, 1.82) is 5.26 Å². The summed E-state index contributed by atoms with van der Waals surface area (Å²) in [5.41, 5.74) is 4.36. The first-order valence-corrected chi connectivity index (χ1v) is 7.63. The summed E-state index contributed by atoms with van der Waals surface area (Å²) in [5.74, 6) is -0.0437. The number of para-hydroxylation sites is 1. The third kappa shape index (κ3) is 2.63. The van der Waals surface area contributed by atoms with Gasteiger partial charge >= 0.3 is 6.09 Å². The Hall–Kier alpha value is -4.12. The van der Waals surface area contributed by atoms with Crippen LogP contribution in [-0.4, -0.2) is 23.2 Å². The molecule has 1 aliphatic rings. The number of amides is 2. The fraction of sp³-hybridized carbons (Fsp3) is 0. The van der Waals surface area contributed by atoms with E-state index in [1.54, 1.807) is 30.3 Å². The standard InChI is InChI=1S/C18H11N5O3/c19-8-15-13-9-20-23-17(24)12-6-10(7-14(22-15)16(12)13)21-18(25)26-11-4-2-1-3-5-11/h1-7,9,22H,(H,21,25)(H,23,24). The molecule has 0 fully saturated rings. The van der Waals surface area contributed by atoms with Crippen molar-refractivity contribution >= 4 is 34.8 Å². The van der Waals surface area contributed by atoms with Gasteiger partial charge in [-0.3, -0.25) is 10.1 Å². The van der Waals surface area contributed by atoms with Crippen LogP contribution >= 0.6 is 0 Å². The fourth-order valence-corrected chi connectivity index (χ4v) is 2.78. The van der Waals surface area contributed by atoms with Crippen molar-refractivity contribution in [3.8, 4) is 11.8 Å². The monoisotopic (exact) mass is 345 g/mol. The Morgan fingerprint density at radius 2 is 2.04 bits per heavy atom. The van der Waals surface area contributed by atoms with Crippen molar-refractivity contribution in [2.75, 3.05) is 5.32 Å². The van der Waals surface area contributed by atoms with Gasteiger partial charge in [0, 0.05) is 22.2 Å². The Kier molecular flexibility index (Phi) is 3.60. The molecule has 0 radical (unpaired) electrons. The van der Waals surface area contributed by atoms with E-state index < -0.39 is 12.0 Å². The van der Waals surface area contributed by atoms with Crippen LogP contribution in [0.2, 0.25) is 0 Å². The number of hydrazone groups is 1. The largest absolute Gasteiger partial charge is 0.417 e. The van der Waals surface area contributed by atoms with Crippen LogP contribution in [0, 0.1) is 11.3 Å². The number of aromatic amines is 1. The molecule has 8 heteroatoms. The lowest BCUT2D eigenvalue weighted by Gasteiger charge is -2.09. The second-order valence-corrected chi connectivity index (χ2v) is 5.50. The second kappa shape index (κ2) is 6.07. The number of H-pyrrole nitrogens is 1. The first-order chi connectivity index (χ1) is 12.7. The summed E-state index contributed by atoms with van der Waals surface area (Å²) >= 11 is 0. The predicted molar refractivity (Wildman–Crippen MR) is 94.2 cm³/mol. The molecule has 0 aliphatic carbocycles. The van der Waals surface area contributed by atoms with Crippen molar-refractivity contribution in [2.45, 2.75) is 0 Å². The summed E-state index contributed by atoms with van der Waals surface area (Å²) in [6.07, 6.45) is 0.725. The van der Waals surface area contributed by atoms with Gasteiger partial charge < -0.3 is 9.72 Å². The first kappa shape index (κ1) is 15.4. The molecule has 26 heavy (non-hydrogen) atoms. The number of hydrogen-bond acceptors (Lipinski definition) is 5. The lowest BCUT2D eigenvalue weighted by atomic mass is 10.0. The molecule has 2 amide bonds. The fourth-order valence-electron chi connectivity index (χ4n) is 2.78. The lowest BCUT2D eigenvalue weighted by molar-refractivity contribution is 0.0957. The average molecular weight is 345 g/mol. The molecule has 0 atom stereocenters. The highest BCUT2D eigenvalue weighted by molar-refractivity contribution is 6.16. The molecule has 0 unspecified atom stereocenters. The highest BCUT2D eigenvalue weighted by Crippen LogP contribution is 2.29. The molecule has 2 heterocycles. The number of rotatable bonds is 2. The quantitative estimate of drug-likeness (QED) is 0.661. The van der Waals surface area contributed by atoms with Gasteiger partial charge in [-0.25, -0.2) is 10.2 Å². The number of ether oxygens (including phenoxy) is 1. The molecule has 2 aromatic carbocycles. The topological polar surface area (TPSA) is 119 Å². The first-order valence-electron chi connectivity index (χ1n) is 7.63. The van der Waals surface area contributed by atoms with Crippen LogP contribution in [0.25, 0.3) is 10.9 Å². The number of anilines is 1. The van der Waals surface area contributed by atoms with Crippen LogP contribution in [0.3, 0.4) is 0 Å². The van der Waals surface area contributed by atoms with Crippen LogP contribution in [-0.2, 0) is 0 Å². The molecule has 1 aromatic heterocycles. The Balaban J connectivity index is 1.71. The van der Waals surface area contributed by atoms with E-state index in [1.165, 1.54) is 12.3 Å². The zero-order valence-corrected chi connectivity index (χ0v) is 13.2. The van der Waals surface area contributed by atoms with Crippen molar-refractivity contribution in [3.05, 3.63) is 59.3 Å². The van der Waals surface area contributed by atoms with E-state index in [1.807, 2.05) is 12.1 Å². The molecular formula is C18H11N5O3. The van der Waals surface area contributed by atoms with E-state index in [0.717, 1.165) is 0 Å². The molecule has 1 aliphatic heterocycles. The normalized spacial score (nSPS) is 12.2. The molecule has 0 saturated carbocycles. The van der Waals surface area contributed by atoms with Gasteiger partial charge in [0.05, 0.1) is 11.8 Å². The van der Waals surface area contributed by atoms with Crippen molar-refractivity contribution in [3.63, 3.8) is 0 Å². The minimum atomic E-state index is -0.694. The van der Waals surface area contributed by atoms with E-state index in [9.17, 15) is 14.9 Å². The summed E-state index contributed by atoms with van der Waals surface area (Å²) in [6.45, 7) is 0. The number of nitrogens with zero attached hydrogens (tertiary/aromatic N) is 2. The van der Waals surface area contributed by atoms with Crippen LogP contribution in [0.5, 0.6) is 5.75 Å². The molecule has 0 saturated heterocycles. The predicted octanol–water partition coefficient (Wildman–Crippen LogP) is 2.73. The van der Waals surface area contributed by atoms with Crippen LogP contribution in [0.15, 0.2) is 47.6 Å². The number of nitriles is 1. The third-order valence-corrected chi connectivity index (χ3v) is 3.85. The maximum atomic E-state index is 12.3. The highest BCUT2D eigenvalue weighted by atomic mass is 16.6. The number of benzene rings is 2. The summed E-state index contributed by atoms with van der Waals surface area (Å²) in [7, 11) is 0. The minimum absolute atomic E-state index is 0.283. The second-order valence-electron chi connectivity index (χ2n) is 5.50. The number of nitrogens with one attached hydrogen (secondary N) is 3. The minimum Gasteiger partial charge on any atom is -0.410 e. The van der Waals surface area contributed by atoms with Gasteiger partial charge in [-0.05, 0) is 24.3 Å². The Labute approximate surface area is 147 Å². The Morgan fingerprint density at radius 1 is 1.23 bits per heavy atom. The van der Waals surface area contributed by atoms with Crippen LogP contribution in [0.1, 0.15) is 21.6 Å². The summed E-state index contributed by atoms with van der Waals surface area (Å²) < 4.78 is 5.18. The van der Waals surface area contributed by atoms with Crippen molar-refractivity contribution < 1.29 is 14.3 Å². The molecule has 126 valence electrons. The maximum absolute atomic E-state index is 12.3. The van der Waals surface area contributed by atoms with E-state index in [2.05, 4.69) is 20.8 Å². The summed E-state index contributed by atoms with van der Waals surface area (Å²) in [5, 5.41) is 16.2. The third-order valence-electron chi connectivity index (χ3n) is 3.85. The van der Waals surface area contributed by atoms with Crippen molar-refractivity contribution in [1.82, 2.24) is 10.4 Å². The highest BCUT2D eigenvalue weighted by Gasteiger charge is 2.21. The maximum Gasteiger partial charge on any atom is 0.417 e. The Morgan fingerprint density at radius 3 is 2.81 bits per heavy atom. The lowest BCUT2D eigenvalue weighted by Crippen LogP contribution is -2.19. The molecule has 0 bridgehead atoms. The summed E-state index contributed by atoms with van der Waals surface area (Å²) in [6, 6.07) is 13.8. The van der Waals surface area contributed by atoms with Gasteiger partial charge in [-0.2, -0.15) is 10.4 Å². The van der Waals surface area contributed by atoms with E-state index in [0.29, 0.717) is 33.5 Å². The van der Waals surface area contributed by atoms with Gasteiger partial charge in [0.15, 0.2) is 0 Å². The van der Waals surface area contributed by atoms with Gasteiger partial charge in [0.2, 0.25) is 0 Å². The van der Waals surface area contributed by atoms with Crippen LogP contribution < -0.4 is 15.5 Å². The SMILES string of the molecule is N#Cc1[nH]c2cc(NC(=O)Oc3ccccc3)cc3c2c1C=NNC3=O. The van der Waals surface area contributed by atoms with E-state index >= 15 is 0 Å². The molecule has 3 aromatic rings. The zero-order valence-electron chi connectivity index (χ0n) is 13.2. The van der Waals surface area contributed by atoms with Gasteiger partial charge in [-0.1, -0.05) is 18.2 Å². The van der Waals surface area contributed by atoms with Gasteiger partial charge in [0.1, 0.15) is 17.5 Å². The average Bonchev–Trinajstić information content (AvgIpc) is 2.90. The van der Waals surface area contributed by atoms with Gasteiger partial charge in [-0.15, -0.1) is 0 Å². The number of hydrogen-bond donors (Lipinski definition) is 3. The number of carbonyl (C=O) groups is 2. The Bertz CT molecular complexity index is 1110. The molecular weight excluding hydrogens is 334 g/mol. The molecule has 0 spiro atoms. The molecule has 8 nitrogen and oxygen atoms in total. The van der Waals surface area contributed by atoms with Crippen LogP contribution in [0.4, 0.5) is 10.5 Å². The zero-order chi connectivity index (χ0) is 18.1. The van der Waals surface area contributed by atoms with E-state index in [4.69, 9.17) is 4.74 Å². The number of carbonyl (C=O) groups excluding carboxylic acids is 2.